The minimum atomic E-state index is 0.546. The van der Waals surface area contributed by atoms with E-state index in [1.54, 1.807) is 11.3 Å². The molecule has 0 aromatic carbocycles. The van der Waals surface area contributed by atoms with Crippen molar-refractivity contribution in [1.29, 1.82) is 0 Å². The first-order valence-corrected chi connectivity index (χ1v) is 7.02. The Morgan fingerprint density at radius 3 is 3.31 bits per heavy atom. The first kappa shape index (κ1) is 10.5. The van der Waals surface area contributed by atoms with Crippen molar-refractivity contribution in [2.45, 2.75) is 31.7 Å². The zero-order valence-corrected chi connectivity index (χ0v) is 10.4. The van der Waals surface area contributed by atoms with Gasteiger partial charge in [-0.25, -0.2) is 4.98 Å². The van der Waals surface area contributed by atoms with Gasteiger partial charge in [0.15, 0.2) is 0 Å². The second-order valence-electron chi connectivity index (χ2n) is 5.02. The number of nitrogens with one attached hydrogen (secondary N) is 1. The van der Waals surface area contributed by atoms with Crippen LogP contribution in [0.4, 0.5) is 0 Å². The fraction of sp³-hybridized carbons (Fsp3) is 0.615. The third kappa shape index (κ3) is 1.82. The number of fused-ring (bicyclic) bond motifs is 1. The van der Waals surface area contributed by atoms with Gasteiger partial charge in [-0.15, -0.1) is 11.3 Å². The average Bonchev–Trinajstić information content (AvgIpc) is 2.88. The van der Waals surface area contributed by atoms with E-state index >= 15 is 0 Å². The molecule has 0 saturated heterocycles. The zero-order valence-electron chi connectivity index (χ0n) is 9.60. The maximum atomic E-state index is 4.37. The molecule has 0 amide bonds. The molecule has 86 valence electrons. The lowest BCUT2D eigenvalue weighted by molar-refractivity contribution is 0.162. The molecule has 16 heavy (non-hydrogen) atoms. The van der Waals surface area contributed by atoms with E-state index in [4.69, 9.17) is 0 Å². The summed E-state index contributed by atoms with van der Waals surface area (Å²) < 4.78 is 0. The lowest BCUT2D eigenvalue weighted by Crippen LogP contribution is -2.48. The lowest BCUT2D eigenvalue weighted by Gasteiger charge is -2.41. The molecule has 2 aliphatic carbocycles. The van der Waals surface area contributed by atoms with Gasteiger partial charge in [0, 0.05) is 30.1 Å². The van der Waals surface area contributed by atoms with E-state index in [2.05, 4.69) is 34.8 Å². The number of thiazole rings is 1. The van der Waals surface area contributed by atoms with Gasteiger partial charge in [-0.2, -0.15) is 0 Å². The molecule has 1 saturated carbocycles. The highest BCUT2D eigenvalue weighted by Crippen LogP contribution is 2.42. The van der Waals surface area contributed by atoms with Crippen LogP contribution >= 0.6 is 11.3 Å². The van der Waals surface area contributed by atoms with Crippen LogP contribution in [0.5, 0.6) is 0 Å². The molecule has 4 unspecified atom stereocenters. The van der Waals surface area contributed by atoms with Crippen LogP contribution in [0.3, 0.4) is 0 Å². The van der Waals surface area contributed by atoms with Crippen LogP contribution in [0, 0.1) is 11.8 Å². The van der Waals surface area contributed by atoms with Gasteiger partial charge in [0.1, 0.15) is 0 Å². The molecule has 0 aliphatic heterocycles. The molecule has 2 nitrogen and oxygen atoms in total. The number of aromatic nitrogens is 1. The van der Waals surface area contributed by atoms with E-state index < -0.39 is 0 Å². The smallest absolute Gasteiger partial charge is 0.0965 e. The topological polar surface area (TPSA) is 24.9 Å². The van der Waals surface area contributed by atoms with E-state index in [1.807, 2.05) is 6.20 Å². The summed E-state index contributed by atoms with van der Waals surface area (Å²) >= 11 is 1.76. The fourth-order valence-electron chi connectivity index (χ4n) is 2.84. The third-order valence-corrected chi connectivity index (χ3v) is 4.93. The van der Waals surface area contributed by atoms with Gasteiger partial charge in [-0.05, 0) is 24.7 Å². The van der Waals surface area contributed by atoms with Gasteiger partial charge >= 0.3 is 0 Å². The molecule has 1 fully saturated rings. The molecular weight excluding hydrogens is 216 g/mol. The predicted molar refractivity (Wildman–Crippen MR) is 67.7 cm³/mol. The van der Waals surface area contributed by atoms with Crippen molar-refractivity contribution >= 4 is 11.3 Å². The minimum Gasteiger partial charge on any atom is -0.313 e. The van der Waals surface area contributed by atoms with E-state index in [1.165, 1.54) is 17.8 Å². The van der Waals surface area contributed by atoms with Gasteiger partial charge in [-0.3, -0.25) is 0 Å². The summed E-state index contributed by atoms with van der Waals surface area (Å²) in [6, 6.07) is 0.728. The standard InChI is InChI=1S/C13H18N2S/c1-9(13-14-5-6-16-13)8-15-12-7-10-3-2-4-11(10)12/h2,4-6,9-12,15H,3,7-8H2,1H3. The summed E-state index contributed by atoms with van der Waals surface area (Å²) in [4.78, 5) is 4.37. The first-order valence-electron chi connectivity index (χ1n) is 6.14. The molecule has 4 atom stereocenters. The van der Waals surface area contributed by atoms with Crippen LogP contribution in [-0.2, 0) is 0 Å². The first-order chi connectivity index (χ1) is 7.84. The average molecular weight is 234 g/mol. The van der Waals surface area contributed by atoms with Crippen molar-refractivity contribution in [2.75, 3.05) is 6.54 Å². The normalized spacial score (nSPS) is 33.4. The van der Waals surface area contributed by atoms with Gasteiger partial charge in [0.25, 0.3) is 0 Å². The predicted octanol–water partition coefficient (Wildman–Crippen LogP) is 2.80. The Bertz CT molecular complexity index is 371. The fourth-order valence-corrected chi connectivity index (χ4v) is 3.54. The minimum absolute atomic E-state index is 0.546. The third-order valence-electron chi connectivity index (χ3n) is 3.92. The van der Waals surface area contributed by atoms with E-state index in [0.29, 0.717) is 5.92 Å². The SMILES string of the molecule is CC(CNC1CC2CC=CC21)c1nccs1. The molecule has 0 radical (unpaired) electrons. The Labute approximate surface area is 101 Å². The molecule has 2 aliphatic rings. The van der Waals surface area contributed by atoms with Gasteiger partial charge in [0.05, 0.1) is 5.01 Å². The molecule has 1 aromatic heterocycles. The van der Waals surface area contributed by atoms with Gasteiger partial charge in [0.2, 0.25) is 0 Å². The van der Waals surface area contributed by atoms with Crippen LogP contribution in [-0.4, -0.2) is 17.6 Å². The molecule has 3 rings (SSSR count). The lowest BCUT2D eigenvalue weighted by atomic mass is 9.71. The Morgan fingerprint density at radius 1 is 1.62 bits per heavy atom. The molecule has 0 spiro atoms. The van der Waals surface area contributed by atoms with Crippen molar-refractivity contribution in [3.05, 3.63) is 28.7 Å². The van der Waals surface area contributed by atoms with Crippen molar-refractivity contribution < 1.29 is 0 Å². The highest BCUT2D eigenvalue weighted by molar-refractivity contribution is 7.09. The van der Waals surface area contributed by atoms with Crippen LogP contribution in [0.25, 0.3) is 0 Å². The van der Waals surface area contributed by atoms with Gasteiger partial charge in [-0.1, -0.05) is 19.1 Å². The molecule has 3 heteroatoms. The highest BCUT2D eigenvalue weighted by atomic mass is 32.1. The summed E-state index contributed by atoms with van der Waals surface area (Å²) in [5.74, 6) is 2.32. The zero-order chi connectivity index (χ0) is 11.0. The maximum absolute atomic E-state index is 4.37. The van der Waals surface area contributed by atoms with Crippen molar-refractivity contribution in [2.24, 2.45) is 11.8 Å². The Balaban J connectivity index is 1.48. The molecule has 1 aromatic rings. The number of rotatable bonds is 4. The molecule has 0 bridgehead atoms. The Hall–Kier alpha value is -0.670. The van der Waals surface area contributed by atoms with Crippen molar-refractivity contribution in [3.8, 4) is 0 Å². The van der Waals surface area contributed by atoms with Crippen LogP contribution < -0.4 is 5.32 Å². The van der Waals surface area contributed by atoms with E-state index in [-0.39, 0.29) is 0 Å². The maximum Gasteiger partial charge on any atom is 0.0965 e. The summed E-state index contributed by atoms with van der Waals surface area (Å²) in [7, 11) is 0. The van der Waals surface area contributed by atoms with E-state index in [0.717, 1.165) is 24.4 Å². The molecule has 1 heterocycles. The number of hydrogen-bond acceptors (Lipinski definition) is 3. The second kappa shape index (κ2) is 4.30. The largest absolute Gasteiger partial charge is 0.313 e. The Morgan fingerprint density at radius 2 is 2.56 bits per heavy atom. The van der Waals surface area contributed by atoms with Crippen molar-refractivity contribution in [1.82, 2.24) is 10.3 Å². The summed E-state index contributed by atoms with van der Waals surface area (Å²) in [6.45, 7) is 3.32. The summed E-state index contributed by atoms with van der Waals surface area (Å²) in [5.41, 5.74) is 0. The summed E-state index contributed by atoms with van der Waals surface area (Å²) in [5, 5.41) is 7.01. The monoisotopic (exact) mass is 234 g/mol. The van der Waals surface area contributed by atoms with Crippen molar-refractivity contribution in [3.63, 3.8) is 0 Å². The van der Waals surface area contributed by atoms with Crippen LogP contribution in [0.2, 0.25) is 0 Å². The number of hydrogen-bond donors (Lipinski definition) is 1. The second-order valence-corrected chi connectivity index (χ2v) is 5.95. The number of allylic oxidation sites excluding steroid dienone is 1. The summed E-state index contributed by atoms with van der Waals surface area (Å²) in [6.07, 6.45) is 9.32. The number of nitrogens with zero attached hydrogens (tertiary/aromatic N) is 1. The van der Waals surface area contributed by atoms with E-state index in [9.17, 15) is 0 Å². The van der Waals surface area contributed by atoms with Gasteiger partial charge < -0.3 is 5.32 Å². The highest BCUT2D eigenvalue weighted by Gasteiger charge is 2.40. The molecule has 1 N–H and O–H groups in total. The Kier molecular flexibility index (Phi) is 2.82. The quantitative estimate of drug-likeness (QED) is 0.810. The van der Waals surface area contributed by atoms with Crippen LogP contribution in [0.1, 0.15) is 30.7 Å². The van der Waals surface area contributed by atoms with Crippen LogP contribution in [0.15, 0.2) is 23.7 Å². The molecular formula is C13H18N2S.